The summed E-state index contributed by atoms with van der Waals surface area (Å²) in [4.78, 5) is 0. The third-order valence-corrected chi connectivity index (χ3v) is 2.96. The molecule has 0 saturated carbocycles. The number of benzene rings is 2. The van der Waals surface area contributed by atoms with Crippen molar-refractivity contribution in [1.82, 2.24) is 0 Å². The summed E-state index contributed by atoms with van der Waals surface area (Å²) in [7, 11) is 0. The van der Waals surface area contributed by atoms with Gasteiger partial charge in [0.15, 0.2) is 5.11 Å². The molecule has 0 aliphatic rings. The minimum atomic E-state index is -0.0759. The van der Waals surface area contributed by atoms with Crippen molar-refractivity contribution in [3.8, 4) is 0 Å². The van der Waals surface area contributed by atoms with Crippen LogP contribution < -0.4 is 10.6 Å². The fourth-order valence-electron chi connectivity index (χ4n) is 1.61. The minimum absolute atomic E-state index is 0.0759. The van der Waals surface area contributed by atoms with E-state index in [4.69, 9.17) is 23.8 Å². The number of rotatable bonds is 3. The predicted octanol–water partition coefficient (Wildman–Crippen LogP) is 3.64. The summed E-state index contributed by atoms with van der Waals surface area (Å²) in [6, 6.07) is 14.8. The molecule has 0 amide bonds. The van der Waals surface area contributed by atoms with Gasteiger partial charge in [0.05, 0.1) is 6.61 Å². The number of anilines is 2. The molecular formula is C14H13ClN2OS. The summed E-state index contributed by atoms with van der Waals surface area (Å²) in [5.41, 5.74) is 2.33. The van der Waals surface area contributed by atoms with Crippen LogP contribution in [0.3, 0.4) is 0 Å². The Kier molecular flexibility index (Phi) is 4.74. The maximum atomic E-state index is 9.27. The quantitative estimate of drug-likeness (QED) is 0.756. The van der Waals surface area contributed by atoms with Crippen LogP contribution in [0.2, 0.25) is 5.02 Å². The van der Waals surface area contributed by atoms with E-state index in [0.717, 1.165) is 11.3 Å². The SMILES string of the molecule is OCc1ccc(Cl)cc1NC(=S)Nc1ccccc1. The summed E-state index contributed by atoms with van der Waals surface area (Å²) < 4.78 is 0. The molecule has 0 aliphatic carbocycles. The molecule has 0 atom stereocenters. The highest BCUT2D eigenvalue weighted by atomic mass is 35.5. The zero-order chi connectivity index (χ0) is 13.7. The molecule has 0 radical (unpaired) electrons. The van der Waals surface area contributed by atoms with E-state index < -0.39 is 0 Å². The lowest BCUT2D eigenvalue weighted by Crippen LogP contribution is -2.19. The van der Waals surface area contributed by atoms with Crippen LogP contribution in [0, 0.1) is 0 Å². The normalized spacial score (nSPS) is 10.0. The van der Waals surface area contributed by atoms with E-state index in [1.54, 1.807) is 18.2 Å². The van der Waals surface area contributed by atoms with E-state index in [0.29, 0.717) is 15.8 Å². The molecule has 2 aromatic carbocycles. The Bertz CT molecular complexity index is 575. The Morgan fingerprint density at radius 2 is 1.84 bits per heavy atom. The highest BCUT2D eigenvalue weighted by Crippen LogP contribution is 2.21. The van der Waals surface area contributed by atoms with E-state index in [1.165, 1.54) is 0 Å². The van der Waals surface area contributed by atoms with Crippen LogP contribution in [0.4, 0.5) is 11.4 Å². The van der Waals surface area contributed by atoms with Gasteiger partial charge < -0.3 is 15.7 Å². The summed E-state index contributed by atoms with van der Waals surface area (Å²) >= 11 is 11.2. The third-order valence-electron chi connectivity index (χ3n) is 2.52. The first-order valence-electron chi connectivity index (χ1n) is 5.71. The fraction of sp³-hybridized carbons (Fsp3) is 0.0714. The molecule has 3 N–H and O–H groups in total. The van der Waals surface area contributed by atoms with Gasteiger partial charge in [-0.3, -0.25) is 0 Å². The second kappa shape index (κ2) is 6.52. The summed E-state index contributed by atoms with van der Waals surface area (Å²) in [6.07, 6.45) is 0. The van der Waals surface area contributed by atoms with Crippen LogP contribution in [-0.2, 0) is 6.61 Å². The average molecular weight is 293 g/mol. The van der Waals surface area contributed by atoms with Gasteiger partial charge in [0.25, 0.3) is 0 Å². The summed E-state index contributed by atoms with van der Waals surface area (Å²) in [6.45, 7) is -0.0759. The zero-order valence-corrected chi connectivity index (χ0v) is 11.6. The highest BCUT2D eigenvalue weighted by molar-refractivity contribution is 7.80. The molecular weight excluding hydrogens is 280 g/mol. The number of aliphatic hydroxyl groups excluding tert-OH is 1. The van der Waals surface area contributed by atoms with Crippen molar-refractivity contribution < 1.29 is 5.11 Å². The molecule has 0 unspecified atom stereocenters. The molecule has 2 rings (SSSR count). The van der Waals surface area contributed by atoms with E-state index in [-0.39, 0.29) is 6.61 Å². The summed E-state index contributed by atoms with van der Waals surface area (Å²) in [5, 5.41) is 16.4. The van der Waals surface area contributed by atoms with Gasteiger partial charge in [0.1, 0.15) is 0 Å². The molecule has 0 bridgehead atoms. The fourth-order valence-corrected chi connectivity index (χ4v) is 2.01. The van der Waals surface area contributed by atoms with Gasteiger partial charge in [-0.1, -0.05) is 35.9 Å². The van der Waals surface area contributed by atoms with Crippen LogP contribution in [0.5, 0.6) is 0 Å². The number of aliphatic hydroxyl groups is 1. The van der Waals surface area contributed by atoms with Crippen molar-refractivity contribution in [2.24, 2.45) is 0 Å². The number of para-hydroxylation sites is 1. The van der Waals surface area contributed by atoms with E-state index in [2.05, 4.69) is 10.6 Å². The number of thiocarbonyl (C=S) groups is 1. The highest BCUT2D eigenvalue weighted by Gasteiger charge is 2.05. The molecule has 2 aromatic rings. The van der Waals surface area contributed by atoms with Crippen LogP contribution in [0.25, 0.3) is 0 Å². The van der Waals surface area contributed by atoms with Crippen molar-refractivity contribution in [1.29, 1.82) is 0 Å². The minimum Gasteiger partial charge on any atom is -0.392 e. The Morgan fingerprint density at radius 3 is 2.53 bits per heavy atom. The standard InChI is InChI=1S/C14H13ClN2OS/c15-11-7-6-10(9-18)13(8-11)17-14(19)16-12-4-2-1-3-5-12/h1-8,18H,9H2,(H2,16,17,19). The van der Waals surface area contributed by atoms with Gasteiger partial charge in [-0.25, -0.2) is 0 Å². The third kappa shape index (κ3) is 3.92. The Labute approximate surface area is 122 Å². The van der Waals surface area contributed by atoms with E-state index in [1.807, 2.05) is 30.3 Å². The number of halogens is 1. The Balaban J connectivity index is 2.09. The molecule has 0 saturated heterocycles. The van der Waals surface area contributed by atoms with Crippen LogP contribution in [0.15, 0.2) is 48.5 Å². The van der Waals surface area contributed by atoms with Crippen LogP contribution >= 0.6 is 23.8 Å². The molecule has 3 nitrogen and oxygen atoms in total. The van der Waals surface area contributed by atoms with Gasteiger partial charge in [-0.2, -0.15) is 0 Å². The smallest absolute Gasteiger partial charge is 0.175 e. The Morgan fingerprint density at radius 1 is 1.11 bits per heavy atom. The largest absolute Gasteiger partial charge is 0.392 e. The molecule has 0 aliphatic heterocycles. The maximum absolute atomic E-state index is 9.27. The lowest BCUT2D eigenvalue weighted by atomic mass is 10.2. The molecule has 0 aromatic heterocycles. The molecule has 0 fully saturated rings. The molecule has 98 valence electrons. The average Bonchev–Trinajstić information content (AvgIpc) is 2.40. The van der Waals surface area contributed by atoms with Crippen LogP contribution in [-0.4, -0.2) is 10.2 Å². The first-order chi connectivity index (χ1) is 9.19. The predicted molar refractivity (Wildman–Crippen MR) is 83.7 cm³/mol. The molecule has 0 heterocycles. The van der Waals surface area contributed by atoms with Gasteiger partial charge in [-0.15, -0.1) is 0 Å². The lowest BCUT2D eigenvalue weighted by molar-refractivity contribution is 0.282. The van der Waals surface area contributed by atoms with Crippen LogP contribution in [0.1, 0.15) is 5.56 Å². The molecule has 19 heavy (non-hydrogen) atoms. The number of nitrogens with one attached hydrogen (secondary N) is 2. The van der Waals surface area contributed by atoms with Gasteiger partial charge >= 0.3 is 0 Å². The monoisotopic (exact) mass is 292 g/mol. The van der Waals surface area contributed by atoms with Crippen molar-refractivity contribution >= 4 is 40.3 Å². The lowest BCUT2D eigenvalue weighted by Gasteiger charge is -2.13. The van der Waals surface area contributed by atoms with Crippen molar-refractivity contribution in [3.05, 3.63) is 59.1 Å². The van der Waals surface area contributed by atoms with Gasteiger partial charge in [0, 0.05) is 22.0 Å². The topological polar surface area (TPSA) is 44.3 Å². The molecule has 5 heteroatoms. The number of hydrogen-bond donors (Lipinski definition) is 3. The van der Waals surface area contributed by atoms with Gasteiger partial charge in [0.2, 0.25) is 0 Å². The second-order valence-corrected chi connectivity index (χ2v) is 4.75. The first kappa shape index (κ1) is 13.8. The van der Waals surface area contributed by atoms with Gasteiger partial charge in [-0.05, 0) is 36.5 Å². The molecule has 0 spiro atoms. The second-order valence-electron chi connectivity index (χ2n) is 3.90. The zero-order valence-electron chi connectivity index (χ0n) is 10.1. The Hall–Kier alpha value is -1.62. The maximum Gasteiger partial charge on any atom is 0.175 e. The number of hydrogen-bond acceptors (Lipinski definition) is 2. The van der Waals surface area contributed by atoms with Crippen molar-refractivity contribution in [2.75, 3.05) is 10.6 Å². The van der Waals surface area contributed by atoms with E-state index in [9.17, 15) is 5.11 Å². The summed E-state index contributed by atoms with van der Waals surface area (Å²) in [5.74, 6) is 0. The van der Waals surface area contributed by atoms with E-state index >= 15 is 0 Å². The van der Waals surface area contributed by atoms with Crippen molar-refractivity contribution in [3.63, 3.8) is 0 Å². The first-order valence-corrected chi connectivity index (χ1v) is 6.50. The van der Waals surface area contributed by atoms with Crippen molar-refractivity contribution in [2.45, 2.75) is 6.61 Å².